The number of pyridine rings is 2. The number of aromatic amines is 1. The van der Waals surface area contributed by atoms with E-state index in [-0.39, 0.29) is 36.2 Å². The molecule has 1 aromatic carbocycles. The largest absolute Gasteiger partial charge is 0.456 e. The van der Waals surface area contributed by atoms with Crippen LogP contribution in [0.25, 0.3) is 0 Å². The second-order valence-corrected chi connectivity index (χ2v) is 9.68. The number of halogens is 3. The number of hydrogen-bond acceptors (Lipinski definition) is 6. The Morgan fingerprint density at radius 1 is 1.24 bits per heavy atom. The summed E-state index contributed by atoms with van der Waals surface area (Å²) in [6.07, 6.45) is 2.35. The number of amides is 1. The summed E-state index contributed by atoms with van der Waals surface area (Å²) in [5.41, 5.74) is 0.430. The Hall–Kier alpha value is -3.70. The highest BCUT2D eigenvalue weighted by Crippen LogP contribution is 2.40. The van der Waals surface area contributed by atoms with Crippen LogP contribution < -0.4 is 15.6 Å². The molecule has 1 aliphatic heterocycles. The first-order valence-electron chi connectivity index (χ1n) is 12.2. The standard InChI is InChI=1S/C27H30F3N5O3/c1-17(25(36)33-24-9-8-22(14-31-24)38-21-6-4-20(28)5-7-21)35-11-10-27(29,30)23(16-35)18-12-19(15-34(2)3)26(37)32-13-18/h4-9,12-14,17,23H,10-11,15-16H2,1-3H3,(H,32,37)(H,31,33,36). The fraction of sp³-hybridized carbons (Fsp3) is 0.370. The lowest BCUT2D eigenvalue weighted by Gasteiger charge is -2.40. The van der Waals surface area contributed by atoms with E-state index in [0.717, 1.165) is 0 Å². The molecule has 202 valence electrons. The molecule has 11 heteroatoms. The number of nitrogens with one attached hydrogen (secondary N) is 2. The van der Waals surface area contributed by atoms with Gasteiger partial charge in [-0.15, -0.1) is 0 Å². The third-order valence-electron chi connectivity index (χ3n) is 6.51. The zero-order valence-corrected chi connectivity index (χ0v) is 21.4. The number of piperidine rings is 1. The number of rotatable bonds is 8. The van der Waals surface area contributed by atoms with E-state index in [2.05, 4.69) is 15.3 Å². The average Bonchev–Trinajstić information content (AvgIpc) is 2.87. The van der Waals surface area contributed by atoms with Crippen LogP contribution in [0.15, 0.2) is 59.7 Å². The monoisotopic (exact) mass is 529 g/mol. The van der Waals surface area contributed by atoms with Gasteiger partial charge in [-0.05, 0) is 69.0 Å². The van der Waals surface area contributed by atoms with Crippen LogP contribution in [0, 0.1) is 5.82 Å². The van der Waals surface area contributed by atoms with Gasteiger partial charge in [0.2, 0.25) is 5.91 Å². The highest BCUT2D eigenvalue weighted by Gasteiger charge is 2.46. The minimum atomic E-state index is -2.98. The SMILES string of the molecule is CC(C(=O)Nc1ccc(Oc2ccc(F)cc2)cn1)N1CCC(F)(F)C(c2c[nH]c(=O)c(CN(C)C)c2)C1. The third kappa shape index (κ3) is 6.59. The summed E-state index contributed by atoms with van der Waals surface area (Å²) in [7, 11) is 3.59. The molecule has 0 aliphatic carbocycles. The minimum Gasteiger partial charge on any atom is -0.456 e. The molecule has 1 fully saturated rings. The number of carbonyl (C=O) groups excluding carboxylic acids is 1. The molecule has 1 aliphatic rings. The van der Waals surface area contributed by atoms with Gasteiger partial charge in [0, 0.05) is 37.8 Å². The molecule has 8 nitrogen and oxygen atoms in total. The lowest BCUT2D eigenvalue weighted by molar-refractivity contribution is -0.125. The number of ether oxygens (including phenoxy) is 1. The molecule has 0 radical (unpaired) electrons. The molecular formula is C27H30F3N5O3. The molecule has 1 saturated heterocycles. The second-order valence-electron chi connectivity index (χ2n) is 9.68. The van der Waals surface area contributed by atoms with Crippen LogP contribution in [0.3, 0.4) is 0 Å². The van der Waals surface area contributed by atoms with Gasteiger partial charge in [0.25, 0.3) is 11.5 Å². The van der Waals surface area contributed by atoms with Crippen LogP contribution in [-0.2, 0) is 11.3 Å². The Labute approximate surface area is 218 Å². The number of benzene rings is 1. The first-order chi connectivity index (χ1) is 18.0. The average molecular weight is 530 g/mol. The van der Waals surface area contributed by atoms with Crippen molar-refractivity contribution in [3.63, 3.8) is 0 Å². The highest BCUT2D eigenvalue weighted by molar-refractivity contribution is 5.93. The lowest BCUT2D eigenvalue weighted by Crippen LogP contribution is -2.52. The van der Waals surface area contributed by atoms with Gasteiger partial charge in [0.1, 0.15) is 23.1 Å². The highest BCUT2D eigenvalue weighted by atomic mass is 19.3. The molecule has 1 amide bonds. The quantitative estimate of drug-likeness (QED) is 0.454. The predicted molar refractivity (Wildman–Crippen MR) is 137 cm³/mol. The number of nitrogens with zero attached hydrogens (tertiary/aromatic N) is 3. The summed E-state index contributed by atoms with van der Waals surface area (Å²) in [5.74, 6) is -3.80. The van der Waals surface area contributed by atoms with Crippen LogP contribution >= 0.6 is 0 Å². The zero-order chi connectivity index (χ0) is 27.4. The van der Waals surface area contributed by atoms with Crippen molar-refractivity contribution >= 4 is 11.7 Å². The molecule has 0 bridgehead atoms. The first kappa shape index (κ1) is 27.3. The molecule has 2 atom stereocenters. The molecule has 3 heterocycles. The molecule has 38 heavy (non-hydrogen) atoms. The number of carbonyl (C=O) groups is 1. The van der Waals surface area contributed by atoms with Gasteiger partial charge in [-0.1, -0.05) is 0 Å². The molecular weight excluding hydrogens is 499 g/mol. The summed E-state index contributed by atoms with van der Waals surface area (Å²) in [6.45, 7) is 1.98. The Morgan fingerprint density at radius 2 is 1.95 bits per heavy atom. The summed E-state index contributed by atoms with van der Waals surface area (Å²) < 4.78 is 48.6. The molecule has 2 unspecified atom stereocenters. The Balaban J connectivity index is 1.41. The number of hydrogen-bond donors (Lipinski definition) is 2. The number of anilines is 1. The minimum absolute atomic E-state index is 0.0455. The van der Waals surface area contributed by atoms with Gasteiger partial charge in [-0.3, -0.25) is 14.5 Å². The maximum Gasteiger partial charge on any atom is 0.257 e. The van der Waals surface area contributed by atoms with Crippen LogP contribution in [0.4, 0.5) is 19.0 Å². The van der Waals surface area contributed by atoms with Crippen LogP contribution in [-0.4, -0.2) is 64.8 Å². The molecule has 0 saturated carbocycles. The van der Waals surface area contributed by atoms with E-state index in [1.807, 2.05) is 0 Å². The van der Waals surface area contributed by atoms with E-state index in [0.29, 0.717) is 29.2 Å². The number of alkyl halides is 2. The van der Waals surface area contributed by atoms with Gasteiger partial charge >= 0.3 is 0 Å². The van der Waals surface area contributed by atoms with Gasteiger partial charge < -0.3 is 19.9 Å². The fourth-order valence-electron chi connectivity index (χ4n) is 4.39. The van der Waals surface area contributed by atoms with E-state index in [9.17, 15) is 22.8 Å². The van der Waals surface area contributed by atoms with Gasteiger partial charge in [0.05, 0.1) is 18.2 Å². The van der Waals surface area contributed by atoms with E-state index in [4.69, 9.17) is 4.74 Å². The van der Waals surface area contributed by atoms with E-state index < -0.39 is 24.3 Å². The van der Waals surface area contributed by atoms with Gasteiger partial charge in [-0.2, -0.15) is 0 Å². The van der Waals surface area contributed by atoms with Crippen molar-refractivity contribution in [1.29, 1.82) is 0 Å². The van der Waals surface area contributed by atoms with Crippen molar-refractivity contribution in [2.75, 3.05) is 32.5 Å². The van der Waals surface area contributed by atoms with Crippen molar-refractivity contribution in [2.24, 2.45) is 0 Å². The summed E-state index contributed by atoms with van der Waals surface area (Å²) in [6, 6.07) is 9.52. The van der Waals surface area contributed by atoms with E-state index >= 15 is 0 Å². The van der Waals surface area contributed by atoms with E-state index in [1.165, 1.54) is 42.7 Å². The molecule has 2 aromatic heterocycles. The fourth-order valence-corrected chi connectivity index (χ4v) is 4.39. The Bertz CT molecular complexity index is 1310. The summed E-state index contributed by atoms with van der Waals surface area (Å²) >= 11 is 0. The second kappa shape index (κ2) is 11.4. The van der Waals surface area contributed by atoms with Crippen molar-refractivity contribution in [3.05, 3.63) is 82.2 Å². The first-order valence-corrected chi connectivity index (χ1v) is 12.2. The maximum absolute atomic E-state index is 15.0. The Morgan fingerprint density at radius 3 is 2.61 bits per heavy atom. The van der Waals surface area contributed by atoms with Crippen LogP contribution in [0.1, 0.15) is 30.4 Å². The number of H-pyrrole nitrogens is 1. The maximum atomic E-state index is 15.0. The molecule has 0 spiro atoms. The van der Waals surface area contributed by atoms with Crippen molar-refractivity contribution in [3.8, 4) is 11.5 Å². The van der Waals surface area contributed by atoms with Crippen molar-refractivity contribution in [1.82, 2.24) is 19.8 Å². The number of aromatic nitrogens is 2. The summed E-state index contributed by atoms with van der Waals surface area (Å²) in [4.78, 5) is 35.4. The van der Waals surface area contributed by atoms with Crippen molar-refractivity contribution in [2.45, 2.75) is 37.8 Å². The molecule has 3 aromatic rings. The van der Waals surface area contributed by atoms with E-state index in [1.54, 1.807) is 43.0 Å². The third-order valence-corrected chi connectivity index (χ3v) is 6.51. The topological polar surface area (TPSA) is 90.6 Å². The number of likely N-dealkylation sites (tertiary alicyclic amines) is 1. The Kier molecular flexibility index (Phi) is 8.17. The van der Waals surface area contributed by atoms with Gasteiger partial charge in [0.15, 0.2) is 0 Å². The molecule has 4 rings (SSSR count). The zero-order valence-electron chi connectivity index (χ0n) is 21.4. The van der Waals surface area contributed by atoms with Crippen molar-refractivity contribution < 1.29 is 22.7 Å². The van der Waals surface area contributed by atoms with Gasteiger partial charge in [-0.25, -0.2) is 18.2 Å². The summed E-state index contributed by atoms with van der Waals surface area (Å²) in [5, 5.41) is 2.71. The smallest absolute Gasteiger partial charge is 0.257 e. The lowest BCUT2D eigenvalue weighted by atomic mass is 9.86. The molecule has 2 N–H and O–H groups in total. The van der Waals surface area contributed by atoms with Crippen LogP contribution in [0.5, 0.6) is 11.5 Å². The predicted octanol–water partition coefficient (Wildman–Crippen LogP) is 4.21. The normalized spacial score (nSPS) is 18.2. The van der Waals surface area contributed by atoms with Crippen LogP contribution in [0.2, 0.25) is 0 Å².